The molecular weight excluding hydrogens is 222 g/mol. The van der Waals surface area contributed by atoms with Crippen molar-refractivity contribution in [3.05, 3.63) is 0 Å². The molecule has 0 unspecified atom stereocenters. The molecule has 0 heterocycles. The van der Waals surface area contributed by atoms with E-state index in [0.717, 1.165) is 12.2 Å². The van der Waals surface area contributed by atoms with Crippen LogP contribution in [0.15, 0.2) is 0 Å². The second-order valence-electron chi connectivity index (χ2n) is 4.09. The number of rotatable bonds is 6. The minimum atomic E-state index is 0.0375. The van der Waals surface area contributed by atoms with Crippen LogP contribution in [0.3, 0.4) is 0 Å². The minimum Gasteiger partial charge on any atom is -0.372 e. The lowest BCUT2D eigenvalue weighted by molar-refractivity contribution is -0.126. The summed E-state index contributed by atoms with van der Waals surface area (Å²) < 4.78 is 5.11. The third-order valence-electron chi connectivity index (χ3n) is 2.87. The molecule has 16 heavy (non-hydrogen) atoms. The summed E-state index contributed by atoms with van der Waals surface area (Å²) in [5.74, 6) is 1.16. The lowest BCUT2D eigenvalue weighted by Gasteiger charge is -2.31. The van der Waals surface area contributed by atoms with Crippen molar-refractivity contribution >= 4 is 17.7 Å². The predicted molar refractivity (Wildman–Crippen MR) is 68.8 cm³/mol. The number of ether oxygens (including phenoxy) is 1. The molecule has 1 aliphatic rings. The van der Waals surface area contributed by atoms with Crippen LogP contribution < -0.4 is 5.32 Å². The molecule has 1 saturated carbocycles. The third kappa shape index (κ3) is 4.74. The Bertz CT molecular complexity index is 209. The summed E-state index contributed by atoms with van der Waals surface area (Å²) in [5, 5.41) is 3.71. The fourth-order valence-electron chi connectivity index (χ4n) is 2.12. The Morgan fingerprint density at radius 3 is 2.81 bits per heavy atom. The number of hydrogen-bond donors (Lipinski definition) is 1. The van der Waals surface area contributed by atoms with E-state index in [4.69, 9.17) is 4.74 Å². The predicted octanol–water partition coefficient (Wildman–Crippen LogP) is 2.20. The Balaban J connectivity index is 2.33. The van der Waals surface area contributed by atoms with Crippen LogP contribution in [0, 0.1) is 0 Å². The molecule has 1 N–H and O–H groups in total. The highest BCUT2D eigenvalue weighted by Crippen LogP contribution is 2.28. The standard InChI is InChI=1S/C12H23NO2S/c1-3-15-9-12(14)13-10-7-5-6-8-11(10)16-4-2/h10-11H,3-9H2,1-2H3,(H,13,14)/t10-,11+/m1/s1. The lowest BCUT2D eigenvalue weighted by atomic mass is 9.95. The molecule has 4 heteroatoms. The Morgan fingerprint density at radius 1 is 1.38 bits per heavy atom. The fourth-order valence-corrected chi connectivity index (χ4v) is 3.32. The fraction of sp³-hybridized carbons (Fsp3) is 0.917. The maximum atomic E-state index is 11.6. The highest BCUT2D eigenvalue weighted by atomic mass is 32.2. The first-order chi connectivity index (χ1) is 7.77. The number of carbonyl (C=O) groups excluding carboxylic acids is 1. The first-order valence-corrected chi connectivity index (χ1v) is 7.31. The quantitative estimate of drug-likeness (QED) is 0.779. The van der Waals surface area contributed by atoms with Crippen LogP contribution in [-0.2, 0) is 9.53 Å². The van der Waals surface area contributed by atoms with E-state index in [1.54, 1.807) is 0 Å². The average molecular weight is 245 g/mol. The Morgan fingerprint density at radius 2 is 2.12 bits per heavy atom. The van der Waals surface area contributed by atoms with Gasteiger partial charge in [0.05, 0.1) is 0 Å². The van der Waals surface area contributed by atoms with Crippen molar-refractivity contribution in [2.75, 3.05) is 19.0 Å². The highest BCUT2D eigenvalue weighted by Gasteiger charge is 2.26. The Hall–Kier alpha value is -0.220. The SMILES string of the molecule is CCOCC(=O)N[C@@H]1CCCC[C@@H]1SCC. The van der Waals surface area contributed by atoms with E-state index in [1.165, 1.54) is 19.3 Å². The molecule has 0 aromatic heterocycles. The topological polar surface area (TPSA) is 38.3 Å². The van der Waals surface area contributed by atoms with Crippen LogP contribution in [0.4, 0.5) is 0 Å². The number of nitrogens with one attached hydrogen (secondary N) is 1. The first kappa shape index (κ1) is 13.8. The van der Waals surface area contributed by atoms with Crippen molar-refractivity contribution in [2.45, 2.75) is 50.8 Å². The van der Waals surface area contributed by atoms with Crippen molar-refractivity contribution < 1.29 is 9.53 Å². The molecule has 94 valence electrons. The second-order valence-corrected chi connectivity index (χ2v) is 5.61. The monoisotopic (exact) mass is 245 g/mol. The van der Waals surface area contributed by atoms with Crippen LogP contribution in [0.1, 0.15) is 39.5 Å². The first-order valence-electron chi connectivity index (χ1n) is 6.26. The molecule has 0 aromatic rings. The van der Waals surface area contributed by atoms with Gasteiger partial charge in [-0.05, 0) is 25.5 Å². The molecule has 0 bridgehead atoms. The number of thioether (sulfide) groups is 1. The van der Waals surface area contributed by atoms with Crippen LogP contribution in [0.25, 0.3) is 0 Å². The molecule has 1 rings (SSSR count). The van der Waals surface area contributed by atoms with Crippen LogP contribution in [0.5, 0.6) is 0 Å². The van der Waals surface area contributed by atoms with Crippen molar-refractivity contribution in [1.29, 1.82) is 0 Å². The largest absolute Gasteiger partial charge is 0.372 e. The molecule has 1 amide bonds. The zero-order valence-corrected chi connectivity index (χ0v) is 11.1. The molecule has 0 aliphatic heterocycles. The van der Waals surface area contributed by atoms with Gasteiger partial charge >= 0.3 is 0 Å². The van der Waals surface area contributed by atoms with Gasteiger partial charge in [-0.25, -0.2) is 0 Å². The summed E-state index contributed by atoms with van der Waals surface area (Å²) in [6.07, 6.45) is 4.89. The third-order valence-corrected chi connectivity index (χ3v) is 4.19. The van der Waals surface area contributed by atoms with Gasteiger partial charge in [-0.2, -0.15) is 11.8 Å². The van der Waals surface area contributed by atoms with Gasteiger partial charge in [0.25, 0.3) is 0 Å². The van der Waals surface area contributed by atoms with Gasteiger partial charge in [0.1, 0.15) is 6.61 Å². The summed E-state index contributed by atoms with van der Waals surface area (Å²) in [7, 11) is 0. The molecule has 1 fully saturated rings. The van der Waals surface area contributed by atoms with E-state index >= 15 is 0 Å². The van der Waals surface area contributed by atoms with E-state index in [-0.39, 0.29) is 12.5 Å². The van der Waals surface area contributed by atoms with E-state index in [1.807, 2.05) is 18.7 Å². The maximum absolute atomic E-state index is 11.6. The minimum absolute atomic E-state index is 0.0375. The van der Waals surface area contributed by atoms with Gasteiger partial charge in [0.2, 0.25) is 5.91 Å². The number of carbonyl (C=O) groups is 1. The van der Waals surface area contributed by atoms with E-state index in [9.17, 15) is 4.79 Å². The van der Waals surface area contributed by atoms with Crippen LogP contribution in [-0.4, -0.2) is 36.2 Å². The molecule has 3 nitrogen and oxygen atoms in total. The molecule has 0 spiro atoms. The van der Waals surface area contributed by atoms with Gasteiger partial charge < -0.3 is 10.1 Å². The average Bonchev–Trinajstić information content (AvgIpc) is 2.29. The molecule has 1 aliphatic carbocycles. The number of hydrogen-bond acceptors (Lipinski definition) is 3. The van der Waals surface area contributed by atoms with Gasteiger partial charge in [-0.15, -0.1) is 0 Å². The summed E-state index contributed by atoms with van der Waals surface area (Å²) >= 11 is 1.97. The van der Waals surface area contributed by atoms with Crippen molar-refractivity contribution in [3.63, 3.8) is 0 Å². The molecule has 0 aromatic carbocycles. The summed E-state index contributed by atoms with van der Waals surface area (Å²) in [6.45, 7) is 4.89. The van der Waals surface area contributed by atoms with Gasteiger partial charge in [0, 0.05) is 17.9 Å². The molecule has 2 atom stereocenters. The Labute approximate surface area is 103 Å². The highest BCUT2D eigenvalue weighted by molar-refractivity contribution is 7.99. The molecular formula is C12H23NO2S. The summed E-state index contributed by atoms with van der Waals surface area (Å²) in [4.78, 5) is 11.6. The molecule has 0 radical (unpaired) electrons. The van der Waals surface area contributed by atoms with E-state index in [2.05, 4.69) is 12.2 Å². The van der Waals surface area contributed by atoms with Gasteiger partial charge in [-0.1, -0.05) is 19.8 Å². The van der Waals surface area contributed by atoms with Gasteiger partial charge in [0.15, 0.2) is 0 Å². The zero-order valence-electron chi connectivity index (χ0n) is 10.3. The van der Waals surface area contributed by atoms with E-state index in [0.29, 0.717) is 17.9 Å². The maximum Gasteiger partial charge on any atom is 0.246 e. The second kappa shape index (κ2) is 7.96. The molecule has 0 saturated heterocycles. The van der Waals surface area contributed by atoms with Gasteiger partial charge in [-0.3, -0.25) is 4.79 Å². The van der Waals surface area contributed by atoms with Crippen molar-refractivity contribution in [1.82, 2.24) is 5.32 Å². The Kier molecular flexibility index (Phi) is 6.88. The van der Waals surface area contributed by atoms with Crippen molar-refractivity contribution in [2.24, 2.45) is 0 Å². The van der Waals surface area contributed by atoms with Crippen molar-refractivity contribution in [3.8, 4) is 0 Å². The van der Waals surface area contributed by atoms with Crippen LogP contribution in [0.2, 0.25) is 0 Å². The van der Waals surface area contributed by atoms with E-state index < -0.39 is 0 Å². The normalized spacial score (nSPS) is 25.4. The smallest absolute Gasteiger partial charge is 0.246 e. The van der Waals surface area contributed by atoms with Crippen LogP contribution >= 0.6 is 11.8 Å². The lowest BCUT2D eigenvalue weighted by Crippen LogP contribution is -2.45. The summed E-state index contributed by atoms with van der Waals surface area (Å²) in [5.41, 5.74) is 0. The zero-order chi connectivity index (χ0) is 11.8. The summed E-state index contributed by atoms with van der Waals surface area (Å²) in [6, 6.07) is 0.353. The number of amides is 1.